The van der Waals surface area contributed by atoms with Crippen molar-refractivity contribution in [3.8, 4) is 0 Å². The Hall–Kier alpha value is -1.76. The molecule has 4 nitrogen and oxygen atoms in total. The SMILES string of the molecule is CCCN1C(=O)CC[C@H]1C(=O)NCc1cccc(C(F)(F)F)c1Cl. The predicted octanol–water partition coefficient (Wildman–Crippen LogP) is 3.38. The van der Waals surface area contributed by atoms with E-state index in [1.165, 1.54) is 17.0 Å². The summed E-state index contributed by atoms with van der Waals surface area (Å²) in [6.45, 7) is 2.27. The zero-order valence-corrected chi connectivity index (χ0v) is 13.9. The molecule has 2 rings (SSSR count). The Morgan fingerprint density at radius 2 is 2.12 bits per heavy atom. The van der Waals surface area contributed by atoms with E-state index in [1.54, 1.807) is 0 Å². The molecule has 1 atom stereocenters. The fourth-order valence-corrected chi connectivity index (χ4v) is 3.06. The van der Waals surface area contributed by atoms with Crippen molar-refractivity contribution in [3.63, 3.8) is 0 Å². The van der Waals surface area contributed by atoms with Crippen molar-refractivity contribution in [1.29, 1.82) is 0 Å². The van der Waals surface area contributed by atoms with E-state index in [4.69, 9.17) is 11.6 Å². The zero-order chi connectivity index (χ0) is 17.9. The molecule has 1 N–H and O–H groups in total. The van der Waals surface area contributed by atoms with Crippen LogP contribution in [0, 0.1) is 0 Å². The molecule has 1 saturated heterocycles. The quantitative estimate of drug-likeness (QED) is 0.873. The molecule has 0 aliphatic carbocycles. The molecular weight excluding hydrogens is 345 g/mol. The molecule has 0 saturated carbocycles. The van der Waals surface area contributed by atoms with Gasteiger partial charge in [-0.1, -0.05) is 30.7 Å². The Bertz CT molecular complexity index is 634. The van der Waals surface area contributed by atoms with Crippen LogP contribution in [0.2, 0.25) is 5.02 Å². The van der Waals surface area contributed by atoms with Gasteiger partial charge in [0, 0.05) is 19.5 Å². The van der Waals surface area contributed by atoms with E-state index in [9.17, 15) is 22.8 Å². The van der Waals surface area contributed by atoms with E-state index in [1.807, 2.05) is 6.92 Å². The predicted molar refractivity (Wildman–Crippen MR) is 83.3 cm³/mol. The van der Waals surface area contributed by atoms with Crippen LogP contribution in [-0.2, 0) is 22.3 Å². The highest BCUT2D eigenvalue weighted by Crippen LogP contribution is 2.36. The van der Waals surface area contributed by atoms with Gasteiger partial charge in [0.2, 0.25) is 11.8 Å². The van der Waals surface area contributed by atoms with Crippen LogP contribution >= 0.6 is 11.6 Å². The van der Waals surface area contributed by atoms with Gasteiger partial charge in [0.1, 0.15) is 6.04 Å². The van der Waals surface area contributed by atoms with Gasteiger partial charge in [-0.05, 0) is 24.5 Å². The second-order valence-electron chi connectivity index (χ2n) is 5.64. The molecule has 0 unspecified atom stereocenters. The van der Waals surface area contributed by atoms with Gasteiger partial charge in [0.25, 0.3) is 0 Å². The Labute approximate surface area is 143 Å². The smallest absolute Gasteiger partial charge is 0.350 e. The average molecular weight is 363 g/mol. The van der Waals surface area contributed by atoms with Crippen molar-refractivity contribution >= 4 is 23.4 Å². The average Bonchev–Trinajstić information content (AvgIpc) is 2.86. The first-order valence-corrected chi connectivity index (χ1v) is 8.05. The number of benzene rings is 1. The van der Waals surface area contributed by atoms with E-state index in [0.29, 0.717) is 19.4 Å². The number of alkyl halides is 3. The third kappa shape index (κ3) is 4.01. The molecule has 0 radical (unpaired) electrons. The van der Waals surface area contributed by atoms with Gasteiger partial charge in [-0.2, -0.15) is 13.2 Å². The highest BCUT2D eigenvalue weighted by molar-refractivity contribution is 6.32. The Balaban J connectivity index is 2.06. The van der Waals surface area contributed by atoms with Crippen LogP contribution in [0.4, 0.5) is 13.2 Å². The fraction of sp³-hybridized carbons (Fsp3) is 0.500. The van der Waals surface area contributed by atoms with Gasteiger partial charge in [-0.3, -0.25) is 9.59 Å². The van der Waals surface area contributed by atoms with Crippen molar-refractivity contribution in [3.05, 3.63) is 34.3 Å². The molecule has 8 heteroatoms. The van der Waals surface area contributed by atoms with Crippen LogP contribution in [0.1, 0.15) is 37.3 Å². The molecule has 0 spiro atoms. The van der Waals surface area contributed by atoms with Crippen LogP contribution in [0.25, 0.3) is 0 Å². The lowest BCUT2D eigenvalue weighted by molar-refractivity contribution is -0.137. The molecular formula is C16H18ClF3N2O2. The monoisotopic (exact) mass is 362 g/mol. The summed E-state index contributed by atoms with van der Waals surface area (Å²) in [4.78, 5) is 25.6. The van der Waals surface area contributed by atoms with E-state index >= 15 is 0 Å². The van der Waals surface area contributed by atoms with Gasteiger partial charge in [-0.15, -0.1) is 0 Å². The molecule has 24 heavy (non-hydrogen) atoms. The summed E-state index contributed by atoms with van der Waals surface area (Å²) in [6, 6.07) is 3.01. The number of amides is 2. The number of likely N-dealkylation sites (tertiary alicyclic amines) is 1. The number of nitrogens with zero attached hydrogens (tertiary/aromatic N) is 1. The maximum absolute atomic E-state index is 12.8. The molecule has 1 aliphatic rings. The van der Waals surface area contributed by atoms with Crippen LogP contribution in [-0.4, -0.2) is 29.3 Å². The van der Waals surface area contributed by atoms with Crippen LogP contribution in [0.5, 0.6) is 0 Å². The largest absolute Gasteiger partial charge is 0.417 e. The van der Waals surface area contributed by atoms with Crippen molar-refractivity contribution in [2.24, 2.45) is 0 Å². The summed E-state index contributed by atoms with van der Waals surface area (Å²) < 4.78 is 38.5. The second kappa shape index (κ2) is 7.42. The fourth-order valence-electron chi connectivity index (χ4n) is 2.76. The van der Waals surface area contributed by atoms with E-state index in [2.05, 4.69) is 5.32 Å². The van der Waals surface area contributed by atoms with Crippen LogP contribution in [0.15, 0.2) is 18.2 Å². The molecule has 1 fully saturated rings. The van der Waals surface area contributed by atoms with E-state index < -0.39 is 22.8 Å². The van der Waals surface area contributed by atoms with Crippen molar-refractivity contribution in [2.45, 2.75) is 44.9 Å². The Morgan fingerprint density at radius 1 is 1.42 bits per heavy atom. The first kappa shape index (κ1) is 18.6. The third-order valence-electron chi connectivity index (χ3n) is 3.93. The molecule has 0 aromatic heterocycles. The van der Waals surface area contributed by atoms with Crippen LogP contribution in [0.3, 0.4) is 0 Å². The van der Waals surface area contributed by atoms with Crippen molar-refractivity contribution < 1.29 is 22.8 Å². The summed E-state index contributed by atoms with van der Waals surface area (Å²) in [5.74, 6) is -0.447. The maximum atomic E-state index is 12.8. The Morgan fingerprint density at radius 3 is 2.75 bits per heavy atom. The van der Waals surface area contributed by atoms with E-state index in [0.717, 1.165) is 12.5 Å². The number of nitrogens with one attached hydrogen (secondary N) is 1. The Kier molecular flexibility index (Phi) is 5.74. The lowest BCUT2D eigenvalue weighted by Gasteiger charge is -2.23. The second-order valence-corrected chi connectivity index (χ2v) is 6.01. The number of halogens is 4. The molecule has 0 bridgehead atoms. The highest BCUT2D eigenvalue weighted by atomic mass is 35.5. The molecule has 2 amide bonds. The lowest BCUT2D eigenvalue weighted by atomic mass is 10.1. The highest BCUT2D eigenvalue weighted by Gasteiger charge is 2.36. The number of carbonyl (C=O) groups is 2. The van der Waals surface area contributed by atoms with Gasteiger partial charge >= 0.3 is 6.18 Å². The zero-order valence-electron chi connectivity index (χ0n) is 13.1. The number of rotatable bonds is 5. The topological polar surface area (TPSA) is 49.4 Å². The van der Waals surface area contributed by atoms with Gasteiger partial charge in [0.05, 0.1) is 10.6 Å². The minimum atomic E-state index is -4.55. The van der Waals surface area contributed by atoms with Crippen molar-refractivity contribution in [1.82, 2.24) is 10.2 Å². The minimum Gasteiger partial charge on any atom is -0.350 e. The van der Waals surface area contributed by atoms with Gasteiger partial charge < -0.3 is 10.2 Å². The molecule has 1 aromatic rings. The lowest BCUT2D eigenvalue weighted by Crippen LogP contribution is -2.44. The number of hydrogen-bond acceptors (Lipinski definition) is 2. The van der Waals surface area contributed by atoms with E-state index in [-0.39, 0.29) is 23.9 Å². The normalized spacial score (nSPS) is 18.1. The van der Waals surface area contributed by atoms with Gasteiger partial charge in [-0.25, -0.2) is 0 Å². The maximum Gasteiger partial charge on any atom is 0.417 e. The molecule has 1 aromatic carbocycles. The first-order valence-electron chi connectivity index (χ1n) is 7.67. The minimum absolute atomic E-state index is 0.0749. The summed E-state index contributed by atoms with van der Waals surface area (Å²) in [6.07, 6.45) is -3.09. The molecule has 1 heterocycles. The van der Waals surface area contributed by atoms with Crippen molar-refractivity contribution in [2.75, 3.05) is 6.54 Å². The summed E-state index contributed by atoms with van der Waals surface area (Å²) >= 11 is 5.80. The first-order chi connectivity index (χ1) is 11.3. The summed E-state index contributed by atoms with van der Waals surface area (Å²) in [5.41, 5.74) is -0.745. The van der Waals surface area contributed by atoms with Gasteiger partial charge in [0.15, 0.2) is 0 Å². The van der Waals surface area contributed by atoms with Crippen LogP contribution < -0.4 is 5.32 Å². The molecule has 1 aliphatic heterocycles. The third-order valence-corrected chi connectivity index (χ3v) is 4.38. The standard InChI is InChI=1S/C16H18ClF3N2O2/c1-2-8-22-12(6-7-13(22)23)15(24)21-9-10-4-3-5-11(14(10)17)16(18,19)20/h3-5,12H,2,6-9H2,1H3,(H,21,24)/t12-/m0/s1. The number of carbonyl (C=O) groups excluding carboxylic acids is 2. The summed E-state index contributed by atoms with van der Waals surface area (Å²) in [5, 5.41) is 2.17. The molecule has 132 valence electrons. The summed E-state index contributed by atoms with van der Waals surface area (Å²) in [7, 11) is 0. The number of hydrogen-bond donors (Lipinski definition) is 1.